The average Bonchev–Trinajstić information content (AvgIpc) is 3.64. The van der Waals surface area contributed by atoms with Crippen molar-refractivity contribution in [3.63, 3.8) is 0 Å². The Hall–Kier alpha value is -3.14. The van der Waals surface area contributed by atoms with Gasteiger partial charge < -0.3 is 24.2 Å². The van der Waals surface area contributed by atoms with E-state index in [-0.39, 0.29) is 29.9 Å². The highest BCUT2D eigenvalue weighted by molar-refractivity contribution is 6.39. The lowest BCUT2D eigenvalue weighted by Gasteiger charge is -2.38. The standard InChI is InChI=1S/C28H28Cl2N4O5/c1-37-27(35)23-10-7-16(13-31-23)32-28(36)34-17-8-9-18(34)12-19(11-17)38-14-20-25(33-39-26(20)15-5-6-15)24-21(29)3-2-4-22(24)30/h2-4,7,10,13,15,17-19H,5-6,8-9,11-12,14H2,1H3,(H,32,36). The molecule has 3 aromatic rings. The second-order valence-electron chi connectivity index (χ2n) is 10.3. The number of hydrogen-bond acceptors (Lipinski definition) is 7. The molecule has 2 saturated heterocycles. The van der Waals surface area contributed by atoms with Gasteiger partial charge >= 0.3 is 12.0 Å². The molecule has 2 aromatic heterocycles. The predicted octanol–water partition coefficient (Wildman–Crippen LogP) is 6.45. The van der Waals surface area contributed by atoms with E-state index in [9.17, 15) is 9.59 Å². The zero-order chi connectivity index (χ0) is 27.1. The molecule has 3 fully saturated rings. The maximum Gasteiger partial charge on any atom is 0.356 e. The number of aromatic nitrogens is 2. The summed E-state index contributed by atoms with van der Waals surface area (Å²) in [5.74, 6) is 0.683. The zero-order valence-corrected chi connectivity index (χ0v) is 22.9. The smallest absolute Gasteiger partial charge is 0.356 e. The number of carbonyl (C=O) groups is 2. The van der Waals surface area contributed by atoms with E-state index < -0.39 is 5.97 Å². The maximum absolute atomic E-state index is 13.2. The minimum absolute atomic E-state index is 0.00377. The van der Waals surface area contributed by atoms with Gasteiger partial charge in [0.05, 0.1) is 41.8 Å². The third kappa shape index (κ3) is 5.23. The molecule has 6 rings (SSSR count). The fourth-order valence-electron chi connectivity index (χ4n) is 5.73. The van der Waals surface area contributed by atoms with Gasteiger partial charge in [0.15, 0.2) is 0 Å². The number of nitrogens with one attached hydrogen (secondary N) is 1. The SMILES string of the molecule is COC(=O)c1ccc(NC(=O)N2C3CCC2CC(OCc2c(-c4c(Cl)cccc4Cl)noc2C2CC2)C3)cn1. The molecule has 1 N–H and O–H groups in total. The van der Waals surface area contributed by atoms with Crippen LogP contribution in [-0.2, 0) is 16.1 Å². The van der Waals surface area contributed by atoms with Gasteiger partial charge in [-0.05, 0) is 62.8 Å². The number of urea groups is 1. The highest BCUT2D eigenvalue weighted by Gasteiger charge is 2.44. The number of halogens is 2. The van der Waals surface area contributed by atoms with Gasteiger partial charge in [-0.3, -0.25) is 0 Å². The Bertz CT molecular complexity index is 1360. The molecule has 2 bridgehead atoms. The van der Waals surface area contributed by atoms with Crippen LogP contribution in [0.25, 0.3) is 11.3 Å². The number of methoxy groups -OCH3 is 1. The summed E-state index contributed by atoms with van der Waals surface area (Å²) in [4.78, 5) is 30.8. The van der Waals surface area contributed by atoms with Crippen LogP contribution >= 0.6 is 23.2 Å². The average molecular weight is 571 g/mol. The van der Waals surface area contributed by atoms with Gasteiger partial charge in [0.2, 0.25) is 0 Å². The van der Waals surface area contributed by atoms with E-state index in [1.807, 2.05) is 4.90 Å². The Balaban J connectivity index is 1.12. The molecule has 39 heavy (non-hydrogen) atoms. The van der Waals surface area contributed by atoms with Crippen molar-refractivity contribution >= 4 is 40.9 Å². The first-order valence-corrected chi connectivity index (χ1v) is 13.9. The number of anilines is 1. The van der Waals surface area contributed by atoms with Crippen LogP contribution in [0.15, 0.2) is 41.1 Å². The number of carbonyl (C=O) groups excluding carboxylic acids is 2. The van der Waals surface area contributed by atoms with Crippen molar-refractivity contribution in [3.8, 4) is 11.3 Å². The summed E-state index contributed by atoms with van der Waals surface area (Å²) in [6, 6.07) is 8.56. The lowest BCUT2D eigenvalue weighted by molar-refractivity contribution is -0.0158. The molecule has 2 aliphatic heterocycles. The summed E-state index contributed by atoms with van der Waals surface area (Å²) in [7, 11) is 1.30. The molecule has 11 heteroatoms. The molecule has 2 unspecified atom stereocenters. The second-order valence-corrected chi connectivity index (χ2v) is 11.1. The third-order valence-corrected chi connectivity index (χ3v) is 8.39. The summed E-state index contributed by atoms with van der Waals surface area (Å²) in [5.41, 5.74) is 2.92. The molecule has 4 heterocycles. The number of fused-ring (bicyclic) bond motifs is 2. The number of pyridine rings is 1. The molecule has 2 amide bonds. The van der Waals surface area contributed by atoms with Crippen LogP contribution in [0, 0.1) is 0 Å². The molecular formula is C28H28Cl2N4O5. The fraction of sp³-hybridized carbons (Fsp3) is 0.429. The van der Waals surface area contributed by atoms with Gasteiger partial charge in [-0.25, -0.2) is 14.6 Å². The van der Waals surface area contributed by atoms with Crippen molar-refractivity contribution in [2.45, 2.75) is 69.2 Å². The van der Waals surface area contributed by atoms with Crippen LogP contribution in [0.2, 0.25) is 10.0 Å². The summed E-state index contributed by atoms with van der Waals surface area (Å²) in [6.07, 6.45) is 6.94. The van der Waals surface area contributed by atoms with E-state index in [2.05, 4.69) is 20.2 Å². The van der Waals surface area contributed by atoms with Crippen LogP contribution in [0.3, 0.4) is 0 Å². The molecule has 204 valence electrons. The van der Waals surface area contributed by atoms with E-state index >= 15 is 0 Å². The van der Waals surface area contributed by atoms with Gasteiger partial charge in [-0.1, -0.05) is 34.4 Å². The van der Waals surface area contributed by atoms with Crippen molar-refractivity contribution in [2.24, 2.45) is 0 Å². The number of nitrogens with zero attached hydrogens (tertiary/aromatic N) is 3. The van der Waals surface area contributed by atoms with Gasteiger partial charge in [-0.2, -0.15) is 0 Å². The molecule has 1 aliphatic carbocycles. The molecule has 9 nitrogen and oxygen atoms in total. The van der Waals surface area contributed by atoms with Crippen LogP contribution in [-0.4, -0.2) is 52.3 Å². The van der Waals surface area contributed by atoms with E-state index in [1.54, 1.807) is 24.3 Å². The molecule has 0 radical (unpaired) electrons. The second kappa shape index (κ2) is 10.8. The van der Waals surface area contributed by atoms with Crippen LogP contribution in [0.5, 0.6) is 0 Å². The van der Waals surface area contributed by atoms with E-state index in [4.69, 9.17) is 32.5 Å². The Morgan fingerprint density at radius 3 is 2.41 bits per heavy atom. The Labute approximate surface area is 235 Å². The van der Waals surface area contributed by atoms with E-state index in [1.165, 1.54) is 19.4 Å². The predicted molar refractivity (Wildman–Crippen MR) is 145 cm³/mol. The van der Waals surface area contributed by atoms with Gasteiger partial charge in [-0.15, -0.1) is 0 Å². The number of ether oxygens (including phenoxy) is 2. The molecule has 3 aliphatic rings. The van der Waals surface area contributed by atoms with Crippen molar-refractivity contribution in [1.29, 1.82) is 0 Å². The highest BCUT2D eigenvalue weighted by Crippen LogP contribution is 2.46. The van der Waals surface area contributed by atoms with Gasteiger partial charge in [0, 0.05) is 29.1 Å². The van der Waals surface area contributed by atoms with Crippen LogP contribution in [0.1, 0.15) is 66.3 Å². The molecular weight excluding hydrogens is 543 g/mol. The molecule has 2 atom stereocenters. The third-order valence-electron chi connectivity index (χ3n) is 7.76. The number of amides is 2. The van der Waals surface area contributed by atoms with E-state index in [0.717, 1.165) is 49.8 Å². The number of hydrogen-bond donors (Lipinski definition) is 1. The lowest BCUT2D eigenvalue weighted by Crippen LogP contribution is -2.50. The van der Waals surface area contributed by atoms with Crippen LogP contribution < -0.4 is 5.32 Å². The van der Waals surface area contributed by atoms with Crippen molar-refractivity contribution in [2.75, 3.05) is 12.4 Å². The number of piperidine rings is 1. The van der Waals surface area contributed by atoms with Crippen LogP contribution in [0.4, 0.5) is 10.5 Å². The first kappa shape index (κ1) is 26.1. The largest absolute Gasteiger partial charge is 0.464 e. The summed E-state index contributed by atoms with van der Waals surface area (Å²) in [5, 5.41) is 8.31. The molecule has 0 spiro atoms. The normalized spacial score (nSPS) is 22.1. The summed E-state index contributed by atoms with van der Waals surface area (Å²) < 4.78 is 16.9. The monoisotopic (exact) mass is 570 g/mol. The fourth-order valence-corrected chi connectivity index (χ4v) is 6.30. The van der Waals surface area contributed by atoms with Gasteiger partial charge in [0.1, 0.15) is 17.1 Å². The number of benzene rings is 1. The van der Waals surface area contributed by atoms with Gasteiger partial charge in [0.25, 0.3) is 0 Å². The number of esters is 1. The summed E-state index contributed by atoms with van der Waals surface area (Å²) in [6.45, 7) is 0.348. The maximum atomic E-state index is 13.2. The van der Waals surface area contributed by atoms with Crippen molar-refractivity contribution in [3.05, 3.63) is 63.6 Å². The first-order valence-electron chi connectivity index (χ1n) is 13.1. The minimum atomic E-state index is -0.523. The topological polar surface area (TPSA) is 107 Å². The Morgan fingerprint density at radius 1 is 1.08 bits per heavy atom. The highest BCUT2D eigenvalue weighted by atomic mass is 35.5. The molecule has 1 saturated carbocycles. The Morgan fingerprint density at radius 2 is 1.79 bits per heavy atom. The Kier molecular flexibility index (Phi) is 7.22. The molecule has 1 aromatic carbocycles. The van der Waals surface area contributed by atoms with Crippen molar-refractivity contribution < 1.29 is 23.6 Å². The quantitative estimate of drug-likeness (QED) is 0.325. The number of rotatable bonds is 7. The zero-order valence-electron chi connectivity index (χ0n) is 21.4. The minimum Gasteiger partial charge on any atom is -0.464 e. The van der Waals surface area contributed by atoms with E-state index in [0.29, 0.717) is 39.5 Å². The summed E-state index contributed by atoms with van der Waals surface area (Å²) >= 11 is 13.0. The lowest BCUT2D eigenvalue weighted by atomic mass is 9.99. The first-order chi connectivity index (χ1) is 18.9. The van der Waals surface area contributed by atoms with Crippen molar-refractivity contribution in [1.82, 2.24) is 15.0 Å².